The molecule has 1 amide bonds. The SMILES string of the molecule is Cc1onc(-c2ccc3c(c2)NCc2cc(C4(C(=O)O)CC4)ccc2-3)c1NC(=O)OC(C)c1ccccc1. The molecule has 8 heteroatoms. The lowest BCUT2D eigenvalue weighted by Crippen LogP contribution is -2.20. The smallest absolute Gasteiger partial charge is 0.412 e. The molecule has 1 aliphatic heterocycles. The zero-order valence-corrected chi connectivity index (χ0v) is 21.1. The predicted molar refractivity (Wildman–Crippen MR) is 143 cm³/mol. The molecule has 1 saturated carbocycles. The minimum atomic E-state index is -0.753. The van der Waals surface area contributed by atoms with Crippen molar-refractivity contribution in [3.05, 3.63) is 89.2 Å². The van der Waals surface area contributed by atoms with E-state index in [2.05, 4.69) is 15.8 Å². The summed E-state index contributed by atoms with van der Waals surface area (Å²) in [6, 6.07) is 21.4. The number of aromatic nitrogens is 1. The van der Waals surface area contributed by atoms with E-state index in [-0.39, 0.29) is 0 Å². The highest BCUT2D eigenvalue weighted by Gasteiger charge is 2.51. The zero-order chi connectivity index (χ0) is 26.4. The second-order valence-electron chi connectivity index (χ2n) is 9.92. The van der Waals surface area contributed by atoms with Crippen LogP contribution in [-0.4, -0.2) is 22.3 Å². The fraction of sp³-hybridized carbons (Fsp3) is 0.233. The normalized spacial score (nSPS) is 15.4. The number of carbonyl (C=O) groups is 2. The number of nitrogens with zero attached hydrogens (tertiary/aromatic N) is 1. The van der Waals surface area contributed by atoms with Crippen LogP contribution >= 0.6 is 0 Å². The Kier molecular flexibility index (Phi) is 5.67. The van der Waals surface area contributed by atoms with Crippen LogP contribution in [0.5, 0.6) is 0 Å². The molecule has 0 spiro atoms. The molecule has 1 unspecified atom stereocenters. The lowest BCUT2D eigenvalue weighted by Gasteiger charge is -2.24. The Morgan fingerprint density at radius 1 is 1.08 bits per heavy atom. The molecule has 1 fully saturated rings. The lowest BCUT2D eigenvalue weighted by atomic mass is 9.87. The maximum absolute atomic E-state index is 12.7. The molecule has 1 aliphatic carbocycles. The van der Waals surface area contributed by atoms with Crippen molar-refractivity contribution in [3.8, 4) is 22.4 Å². The number of carboxylic acids is 1. The first-order chi connectivity index (χ1) is 18.4. The summed E-state index contributed by atoms with van der Waals surface area (Å²) in [5, 5.41) is 20.1. The van der Waals surface area contributed by atoms with Crippen LogP contribution in [0.15, 0.2) is 71.3 Å². The first-order valence-corrected chi connectivity index (χ1v) is 12.6. The van der Waals surface area contributed by atoms with Crippen LogP contribution in [0.1, 0.15) is 48.3 Å². The van der Waals surface area contributed by atoms with Gasteiger partial charge in [-0.05, 0) is 55.0 Å². The molecular weight excluding hydrogens is 482 g/mol. The number of hydrogen-bond donors (Lipinski definition) is 3. The number of anilines is 2. The second kappa shape index (κ2) is 9.06. The van der Waals surface area contributed by atoms with Crippen molar-refractivity contribution in [1.82, 2.24) is 5.16 Å². The van der Waals surface area contributed by atoms with Gasteiger partial charge < -0.3 is 19.7 Å². The van der Waals surface area contributed by atoms with Crippen molar-refractivity contribution >= 4 is 23.4 Å². The van der Waals surface area contributed by atoms with Crippen LogP contribution in [0, 0.1) is 6.92 Å². The third-order valence-electron chi connectivity index (χ3n) is 7.51. The Hall–Kier alpha value is -4.59. The van der Waals surface area contributed by atoms with Crippen molar-refractivity contribution in [2.24, 2.45) is 0 Å². The number of amides is 1. The van der Waals surface area contributed by atoms with E-state index in [0.717, 1.165) is 39.1 Å². The Morgan fingerprint density at radius 3 is 2.58 bits per heavy atom. The van der Waals surface area contributed by atoms with E-state index in [9.17, 15) is 14.7 Å². The van der Waals surface area contributed by atoms with Gasteiger partial charge in [-0.3, -0.25) is 10.1 Å². The molecule has 192 valence electrons. The number of rotatable bonds is 6. The highest BCUT2D eigenvalue weighted by atomic mass is 16.6. The third-order valence-corrected chi connectivity index (χ3v) is 7.51. The van der Waals surface area contributed by atoms with E-state index < -0.39 is 23.6 Å². The van der Waals surface area contributed by atoms with E-state index >= 15 is 0 Å². The van der Waals surface area contributed by atoms with Crippen molar-refractivity contribution in [2.75, 3.05) is 10.6 Å². The molecule has 0 saturated heterocycles. The second-order valence-corrected chi connectivity index (χ2v) is 9.92. The number of benzene rings is 3. The Balaban J connectivity index is 1.24. The number of aliphatic carboxylic acids is 1. The fourth-order valence-corrected chi connectivity index (χ4v) is 5.12. The summed E-state index contributed by atoms with van der Waals surface area (Å²) in [7, 11) is 0. The number of carboxylic acid groups (broad SMARTS) is 1. The van der Waals surface area contributed by atoms with Gasteiger partial charge in [0.1, 0.15) is 17.5 Å². The lowest BCUT2D eigenvalue weighted by molar-refractivity contribution is -0.140. The first-order valence-electron chi connectivity index (χ1n) is 12.6. The summed E-state index contributed by atoms with van der Waals surface area (Å²) < 4.78 is 11.0. The molecule has 2 heterocycles. The molecule has 1 atom stereocenters. The van der Waals surface area contributed by atoms with Crippen molar-refractivity contribution in [1.29, 1.82) is 0 Å². The fourth-order valence-electron chi connectivity index (χ4n) is 5.12. The van der Waals surface area contributed by atoms with Gasteiger partial charge in [-0.25, -0.2) is 4.79 Å². The minimum absolute atomic E-state index is 0.418. The summed E-state index contributed by atoms with van der Waals surface area (Å²) in [6.07, 6.45) is 0.352. The molecule has 8 nitrogen and oxygen atoms in total. The number of fused-ring (bicyclic) bond motifs is 3. The minimum Gasteiger partial charge on any atom is -0.481 e. The first kappa shape index (κ1) is 23.8. The van der Waals surface area contributed by atoms with Gasteiger partial charge in [-0.15, -0.1) is 0 Å². The number of carbonyl (C=O) groups excluding carboxylic acids is 1. The van der Waals surface area contributed by atoms with E-state index in [1.54, 1.807) is 6.92 Å². The van der Waals surface area contributed by atoms with Gasteiger partial charge in [0.2, 0.25) is 0 Å². The van der Waals surface area contributed by atoms with Gasteiger partial charge in [-0.1, -0.05) is 65.8 Å². The quantitative estimate of drug-likeness (QED) is 0.266. The van der Waals surface area contributed by atoms with Crippen LogP contribution < -0.4 is 10.6 Å². The van der Waals surface area contributed by atoms with Gasteiger partial charge >= 0.3 is 12.1 Å². The van der Waals surface area contributed by atoms with E-state index in [0.29, 0.717) is 36.5 Å². The van der Waals surface area contributed by atoms with Crippen molar-refractivity contribution in [2.45, 2.75) is 44.8 Å². The van der Waals surface area contributed by atoms with Crippen molar-refractivity contribution < 1.29 is 24.0 Å². The average Bonchev–Trinajstić information content (AvgIpc) is 3.67. The summed E-state index contributed by atoms with van der Waals surface area (Å²) in [5.41, 5.74) is 6.88. The highest BCUT2D eigenvalue weighted by molar-refractivity contribution is 5.93. The van der Waals surface area contributed by atoms with Gasteiger partial charge in [0.25, 0.3) is 0 Å². The standard InChI is InChI=1S/C30H27N3O5/c1-17(19-6-4-3-5-7-19)37-29(36)32-26-18(2)38-33-27(26)20-8-10-24-23-11-9-22(30(12-13-30)28(34)35)14-21(23)16-31-25(24)15-20/h3-11,14-15,17,31H,12-13,16H2,1-2H3,(H,32,36)(H,34,35). The summed E-state index contributed by atoms with van der Waals surface area (Å²) in [4.78, 5) is 24.5. The van der Waals surface area contributed by atoms with Crippen LogP contribution in [0.25, 0.3) is 22.4 Å². The van der Waals surface area contributed by atoms with Gasteiger partial charge in [0.05, 0.1) is 5.41 Å². The molecule has 0 radical (unpaired) electrons. The van der Waals surface area contributed by atoms with E-state index in [1.807, 2.05) is 73.7 Å². The molecule has 3 aromatic carbocycles. The molecule has 2 aliphatic rings. The number of ether oxygens (including phenoxy) is 1. The van der Waals surface area contributed by atoms with E-state index in [4.69, 9.17) is 9.26 Å². The molecule has 0 bridgehead atoms. The maximum atomic E-state index is 12.7. The zero-order valence-electron chi connectivity index (χ0n) is 21.1. The Morgan fingerprint density at radius 2 is 1.84 bits per heavy atom. The number of hydrogen-bond acceptors (Lipinski definition) is 6. The number of nitrogens with one attached hydrogen (secondary N) is 2. The van der Waals surface area contributed by atoms with E-state index in [1.165, 1.54) is 0 Å². The molecule has 3 N–H and O–H groups in total. The Bertz CT molecular complexity index is 1560. The summed E-state index contributed by atoms with van der Waals surface area (Å²) >= 11 is 0. The largest absolute Gasteiger partial charge is 0.481 e. The van der Waals surface area contributed by atoms with Crippen molar-refractivity contribution in [3.63, 3.8) is 0 Å². The molecule has 4 aromatic rings. The summed E-state index contributed by atoms with van der Waals surface area (Å²) in [6.45, 7) is 4.14. The Labute approximate surface area is 219 Å². The predicted octanol–water partition coefficient (Wildman–Crippen LogP) is 6.67. The maximum Gasteiger partial charge on any atom is 0.412 e. The highest BCUT2D eigenvalue weighted by Crippen LogP contribution is 2.50. The molecular formula is C30H27N3O5. The van der Waals surface area contributed by atoms with Crippen LogP contribution in [0.4, 0.5) is 16.2 Å². The molecule has 1 aromatic heterocycles. The van der Waals surface area contributed by atoms with Crippen LogP contribution in [0.3, 0.4) is 0 Å². The van der Waals surface area contributed by atoms with Crippen LogP contribution in [0.2, 0.25) is 0 Å². The molecule has 6 rings (SSSR count). The monoisotopic (exact) mass is 509 g/mol. The third kappa shape index (κ3) is 4.08. The van der Waals surface area contributed by atoms with Gasteiger partial charge in [0.15, 0.2) is 5.76 Å². The summed E-state index contributed by atoms with van der Waals surface area (Å²) in [5.74, 6) is -0.280. The van der Waals surface area contributed by atoms with Gasteiger partial charge in [0, 0.05) is 23.4 Å². The number of aryl methyl sites for hydroxylation is 1. The topological polar surface area (TPSA) is 114 Å². The van der Waals surface area contributed by atoms with Gasteiger partial charge in [-0.2, -0.15) is 0 Å². The van der Waals surface area contributed by atoms with Crippen LogP contribution in [-0.2, 0) is 21.5 Å². The molecule has 38 heavy (non-hydrogen) atoms. The average molecular weight is 510 g/mol.